The van der Waals surface area contributed by atoms with Crippen molar-refractivity contribution in [2.45, 2.75) is 87.6 Å². The molecule has 184 valence electrons. The second kappa shape index (κ2) is 11.0. The molecule has 2 aliphatic carbocycles. The molecule has 2 saturated carbocycles. The zero-order valence-electron chi connectivity index (χ0n) is 19.2. The van der Waals surface area contributed by atoms with E-state index in [1.54, 1.807) is 0 Å². The van der Waals surface area contributed by atoms with Gasteiger partial charge in [-0.25, -0.2) is 13.1 Å². The summed E-state index contributed by atoms with van der Waals surface area (Å²) in [5.41, 5.74) is 2.12. The maximum atomic E-state index is 12.4. The normalized spacial score (nSPS) is 28.4. The van der Waals surface area contributed by atoms with E-state index < -0.39 is 10.0 Å². The Kier molecular flexibility index (Phi) is 8.33. The standard InChI is InChI=1S/C24H35ClN2O5S/c1-16-20(25)10-11-23(31-14-13-28)24(16)17-4-6-18(7-5-17)32-15-22-21(3-2-12-26-22)27-33(29,30)19-8-9-19/h10-11,13,17-19,21-22,26-27H,2-9,12,14-15H2,1H3/t17?,18?,21-,22-/m0/s1. The SMILES string of the molecule is Cc1c(Cl)ccc(OCC=O)c1C1CCC(OC[C@@H]2NCCC[C@@H]2NS(=O)(=O)C2CC2)CC1. The van der Waals surface area contributed by atoms with E-state index in [0.29, 0.717) is 17.5 Å². The summed E-state index contributed by atoms with van der Waals surface area (Å²) in [7, 11) is -3.21. The Labute approximate surface area is 202 Å². The quantitative estimate of drug-likeness (QED) is 0.480. The Morgan fingerprint density at radius 2 is 1.91 bits per heavy atom. The third-order valence-corrected chi connectivity index (χ3v) is 9.56. The van der Waals surface area contributed by atoms with Crippen LogP contribution in [-0.2, 0) is 19.6 Å². The minimum atomic E-state index is -3.21. The van der Waals surface area contributed by atoms with Gasteiger partial charge in [-0.3, -0.25) is 4.79 Å². The van der Waals surface area contributed by atoms with Crippen LogP contribution in [0.2, 0.25) is 5.02 Å². The number of hydrogen-bond acceptors (Lipinski definition) is 6. The number of nitrogens with one attached hydrogen (secondary N) is 2. The summed E-state index contributed by atoms with van der Waals surface area (Å²) in [5.74, 6) is 1.06. The Morgan fingerprint density at radius 1 is 1.15 bits per heavy atom. The van der Waals surface area contributed by atoms with Crippen molar-refractivity contribution in [2.75, 3.05) is 19.8 Å². The van der Waals surface area contributed by atoms with Gasteiger partial charge in [0.25, 0.3) is 0 Å². The predicted molar refractivity (Wildman–Crippen MR) is 129 cm³/mol. The number of sulfonamides is 1. The third kappa shape index (κ3) is 6.28. The maximum Gasteiger partial charge on any atom is 0.214 e. The van der Waals surface area contributed by atoms with Crippen molar-refractivity contribution < 1.29 is 22.7 Å². The minimum Gasteiger partial charge on any atom is -0.486 e. The molecule has 0 spiro atoms. The van der Waals surface area contributed by atoms with Gasteiger partial charge in [0.1, 0.15) is 12.4 Å². The van der Waals surface area contributed by atoms with Gasteiger partial charge in [-0.1, -0.05) is 11.6 Å². The molecule has 9 heteroatoms. The van der Waals surface area contributed by atoms with Crippen LogP contribution in [0.3, 0.4) is 0 Å². The maximum absolute atomic E-state index is 12.4. The highest BCUT2D eigenvalue weighted by Crippen LogP contribution is 2.42. The zero-order chi connectivity index (χ0) is 23.4. The topological polar surface area (TPSA) is 93.7 Å². The van der Waals surface area contributed by atoms with Crippen molar-refractivity contribution in [3.63, 3.8) is 0 Å². The van der Waals surface area contributed by atoms with E-state index >= 15 is 0 Å². The van der Waals surface area contributed by atoms with E-state index in [-0.39, 0.29) is 30.0 Å². The van der Waals surface area contributed by atoms with Crippen LogP contribution >= 0.6 is 11.6 Å². The number of halogens is 1. The number of aldehydes is 1. The van der Waals surface area contributed by atoms with E-state index in [2.05, 4.69) is 10.0 Å². The van der Waals surface area contributed by atoms with Crippen LogP contribution in [0.5, 0.6) is 5.75 Å². The van der Waals surface area contributed by atoms with Crippen LogP contribution in [0.1, 0.15) is 68.4 Å². The first-order valence-electron chi connectivity index (χ1n) is 12.1. The average molecular weight is 499 g/mol. The molecule has 3 aliphatic rings. The lowest BCUT2D eigenvalue weighted by atomic mass is 9.80. The molecule has 0 bridgehead atoms. The molecule has 7 nitrogen and oxygen atoms in total. The van der Waals surface area contributed by atoms with Gasteiger partial charge in [0, 0.05) is 22.7 Å². The number of piperidine rings is 1. The second-order valence-corrected chi connectivity index (χ2v) is 11.9. The van der Waals surface area contributed by atoms with Gasteiger partial charge in [0.2, 0.25) is 10.0 Å². The lowest BCUT2D eigenvalue weighted by molar-refractivity contribution is -0.109. The van der Waals surface area contributed by atoms with Gasteiger partial charge in [-0.15, -0.1) is 0 Å². The van der Waals surface area contributed by atoms with Crippen LogP contribution in [0.15, 0.2) is 12.1 Å². The Balaban J connectivity index is 1.31. The summed E-state index contributed by atoms with van der Waals surface area (Å²) < 4.78 is 39.7. The highest BCUT2D eigenvalue weighted by Gasteiger charge is 2.39. The van der Waals surface area contributed by atoms with Crippen LogP contribution in [0, 0.1) is 6.92 Å². The Bertz CT molecular complexity index is 929. The van der Waals surface area contributed by atoms with Gasteiger partial charge >= 0.3 is 0 Å². The van der Waals surface area contributed by atoms with E-state index in [0.717, 1.165) is 81.1 Å². The average Bonchev–Trinajstić information content (AvgIpc) is 3.66. The molecule has 2 N–H and O–H groups in total. The summed E-state index contributed by atoms with van der Waals surface area (Å²) in [6, 6.07) is 3.57. The molecular weight excluding hydrogens is 464 g/mol. The highest BCUT2D eigenvalue weighted by atomic mass is 35.5. The first kappa shape index (κ1) is 24.9. The molecule has 0 radical (unpaired) electrons. The molecule has 4 rings (SSSR count). The molecule has 0 unspecified atom stereocenters. The summed E-state index contributed by atoms with van der Waals surface area (Å²) in [6.07, 6.45) is 8.04. The van der Waals surface area contributed by atoms with Crippen molar-refractivity contribution >= 4 is 27.9 Å². The monoisotopic (exact) mass is 498 g/mol. The molecule has 33 heavy (non-hydrogen) atoms. The minimum absolute atomic E-state index is 0.00326. The van der Waals surface area contributed by atoms with Crippen LogP contribution in [-0.4, -0.2) is 57.9 Å². The lowest BCUT2D eigenvalue weighted by Crippen LogP contribution is -2.56. The van der Waals surface area contributed by atoms with E-state index in [1.807, 2.05) is 19.1 Å². The van der Waals surface area contributed by atoms with Crippen molar-refractivity contribution in [1.82, 2.24) is 10.0 Å². The van der Waals surface area contributed by atoms with Gasteiger partial charge in [0.15, 0.2) is 6.29 Å². The molecular formula is C24H35ClN2O5S. The zero-order valence-corrected chi connectivity index (χ0v) is 20.8. The van der Waals surface area contributed by atoms with Crippen LogP contribution in [0.4, 0.5) is 0 Å². The second-order valence-electron chi connectivity index (χ2n) is 9.54. The van der Waals surface area contributed by atoms with Gasteiger partial charge in [-0.2, -0.15) is 0 Å². The van der Waals surface area contributed by atoms with Gasteiger partial charge in [-0.05, 0) is 88.4 Å². The van der Waals surface area contributed by atoms with Crippen LogP contribution < -0.4 is 14.8 Å². The molecule has 1 aliphatic heterocycles. The number of benzene rings is 1. The fourth-order valence-electron chi connectivity index (χ4n) is 5.15. The molecule has 3 fully saturated rings. The van der Waals surface area contributed by atoms with E-state index in [9.17, 15) is 13.2 Å². The molecule has 2 atom stereocenters. The number of ether oxygens (including phenoxy) is 2. The van der Waals surface area contributed by atoms with Crippen molar-refractivity contribution in [2.24, 2.45) is 0 Å². The van der Waals surface area contributed by atoms with E-state index in [1.165, 1.54) is 0 Å². The molecule has 1 saturated heterocycles. The number of rotatable bonds is 10. The van der Waals surface area contributed by atoms with Crippen LogP contribution in [0.25, 0.3) is 0 Å². The largest absolute Gasteiger partial charge is 0.486 e. The van der Waals surface area contributed by atoms with Crippen molar-refractivity contribution in [1.29, 1.82) is 0 Å². The summed E-state index contributed by atoms with van der Waals surface area (Å²) in [6.45, 7) is 3.44. The smallest absolute Gasteiger partial charge is 0.214 e. The number of carbonyl (C=O) groups is 1. The Hall–Kier alpha value is -1.19. The first-order valence-corrected chi connectivity index (χ1v) is 14.0. The summed E-state index contributed by atoms with van der Waals surface area (Å²) >= 11 is 6.38. The third-order valence-electron chi connectivity index (χ3n) is 7.17. The first-order chi connectivity index (χ1) is 15.9. The lowest BCUT2D eigenvalue weighted by Gasteiger charge is -2.35. The molecule has 1 aromatic carbocycles. The molecule has 0 aromatic heterocycles. The fourth-order valence-corrected chi connectivity index (χ4v) is 6.96. The van der Waals surface area contributed by atoms with Gasteiger partial charge in [0.05, 0.1) is 18.0 Å². The summed E-state index contributed by atoms with van der Waals surface area (Å²) in [4.78, 5) is 10.8. The van der Waals surface area contributed by atoms with Crippen molar-refractivity contribution in [3.8, 4) is 5.75 Å². The van der Waals surface area contributed by atoms with Gasteiger partial charge < -0.3 is 14.8 Å². The molecule has 1 aromatic rings. The number of hydrogen-bond donors (Lipinski definition) is 2. The molecule has 0 amide bonds. The molecule has 1 heterocycles. The Morgan fingerprint density at radius 3 is 2.61 bits per heavy atom. The highest BCUT2D eigenvalue weighted by molar-refractivity contribution is 7.90. The van der Waals surface area contributed by atoms with E-state index in [4.69, 9.17) is 21.1 Å². The number of carbonyl (C=O) groups excluding carboxylic acids is 1. The summed E-state index contributed by atoms with van der Waals surface area (Å²) in [5, 5.41) is 3.97. The predicted octanol–water partition coefficient (Wildman–Crippen LogP) is 3.47. The fraction of sp³-hybridized carbons (Fsp3) is 0.708. The van der Waals surface area contributed by atoms with Crippen molar-refractivity contribution in [3.05, 3.63) is 28.3 Å².